The van der Waals surface area contributed by atoms with Crippen molar-refractivity contribution in [3.63, 3.8) is 0 Å². The Kier molecular flexibility index (Phi) is 3.70. The molecule has 6 heteroatoms. The maximum atomic E-state index is 12.9. The molecule has 4 nitrogen and oxygen atoms in total. The highest BCUT2D eigenvalue weighted by atomic mass is 32.1. The molecule has 3 rings (SSSR count). The lowest BCUT2D eigenvalue weighted by Gasteiger charge is -2.03. The number of aromatic nitrogens is 3. The average molecular weight is 299 g/mol. The highest BCUT2D eigenvalue weighted by molar-refractivity contribution is 7.80. The number of pyridine rings is 1. The summed E-state index contributed by atoms with van der Waals surface area (Å²) >= 11 is 5.21. The summed E-state index contributed by atoms with van der Waals surface area (Å²) in [5, 5.41) is 4.46. The predicted octanol–water partition coefficient (Wildman–Crippen LogP) is 3.16. The molecule has 0 radical (unpaired) electrons. The summed E-state index contributed by atoms with van der Waals surface area (Å²) in [4.78, 5) is 4.04. The Bertz CT molecular complexity index is 756. The largest absolute Gasteiger partial charge is 0.427 e. The van der Waals surface area contributed by atoms with Crippen LogP contribution in [0.2, 0.25) is 0 Å². The molecule has 3 aromatic rings. The van der Waals surface area contributed by atoms with Gasteiger partial charge in [-0.15, -0.1) is 0 Å². The molecular weight excluding hydrogens is 289 g/mol. The number of halogens is 1. The molecule has 0 N–H and O–H groups in total. The van der Waals surface area contributed by atoms with E-state index >= 15 is 0 Å². The van der Waals surface area contributed by atoms with E-state index in [0.29, 0.717) is 11.4 Å². The molecule has 0 saturated heterocycles. The molecule has 1 aromatic carbocycles. The lowest BCUT2D eigenvalue weighted by Crippen LogP contribution is -2.06. The number of nitrogens with zero attached hydrogens (tertiary/aromatic N) is 3. The normalized spacial score (nSPS) is 10.3. The van der Waals surface area contributed by atoms with Crippen molar-refractivity contribution in [3.05, 3.63) is 72.4 Å². The van der Waals surface area contributed by atoms with Crippen LogP contribution in [-0.2, 0) is 0 Å². The monoisotopic (exact) mass is 299 g/mol. The zero-order chi connectivity index (χ0) is 14.7. The number of ether oxygens (including phenoxy) is 1. The molecule has 0 bridgehead atoms. The number of thiocarbonyl (C=S) groups is 1. The van der Waals surface area contributed by atoms with Crippen LogP contribution in [0, 0.1) is 5.82 Å². The number of rotatable bonds is 3. The lowest BCUT2D eigenvalue weighted by molar-refractivity contribution is 0.542. The Hall–Kier alpha value is -2.60. The molecule has 0 fully saturated rings. The second-order valence-electron chi connectivity index (χ2n) is 4.21. The average Bonchev–Trinajstić information content (AvgIpc) is 2.99. The second kappa shape index (κ2) is 5.80. The van der Waals surface area contributed by atoms with Crippen LogP contribution in [0.3, 0.4) is 0 Å². The van der Waals surface area contributed by atoms with Crippen molar-refractivity contribution >= 4 is 17.3 Å². The van der Waals surface area contributed by atoms with Gasteiger partial charge in [-0.3, -0.25) is 0 Å². The first-order chi connectivity index (χ1) is 10.2. The summed E-state index contributed by atoms with van der Waals surface area (Å²) < 4.78 is 20.0. The summed E-state index contributed by atoms with van der Waals surface area (Å²) in [5.74, 6) is 0.136. The summed E-state index contributed by atoms with van der Waals surface area (Å²) in [5.41, 5.74) is 1.39. The first kappa shape index (κ1) is 13.4. The van der Waals surface area contributed by atoms with E-state index in [9.17, 15) is 4.39 Å². The number of benzene rings is 1. The second-order valence-corrected chi connectivity index (χ2v) is 4.58. The minimum atomic E-state index is -0.292. The summed E-state index contributed by atoms with van der Waals surface area (Å²) in [6.07, 6.45) is 4.94. The van der Waals surface area contributed by atoms with Gasteiger partial charge < -0.3 is 4.74 Å². The van der Waals surface area contributed by atoms with E-state index in [1.165, 1.54) is 12.1 Å². The Morgan fingerprint density at radius 3 is 2.67 bits per heavy atom. The minimum Gasteiger partial charge on any atom is -0.427 e. The third kappa shape index (κ3) is 3.11. The van der Waals surface area contributed by atoms with Crippen LogP contribution in [-0.4, -0.2) is 19.8 Å². The van der Waals surface area contributed by atoms with Crippen molar-refractivity contribution in [2.75, 3.05) is 0 Å². The van der Waals surface area contributed by atoms with E-state index in [0.717, 1.165) is 5.69 Å². The van der Waals surface area contributed by atoms with Gasteiger partial charge in [-0.1, -0.05) is 6.07 Å². The quantitative estimate of drug-likeness (QED) is 0.697. The van der Waals surface area contributed by atoms with Crippen molar-refractivity contribution in [1.82, 2.24) is 14.8 Å². The molecule has 0 aliphatic heterocycles. The van der Waals surface area contributed by atoms with Gasteiger partial charge in [-0.25, -0.2) is 14.1 Å². The smallest absolute Gasteiger partial charge is 0.220 e. The van der Waals surface area contributed by atoms with Gasteiger partial charge in [-0.05, 0) is 42.5 Å². The number of hydrogen-bond acceptors (Lipinski definition) is 4. The molecule has 0 atom stereocenters. The molecule has 0 aliphatic rings. The van der Waals surface area contributed by atoms with Crippen molar-refractivity contribution in [2.24, 2.45) is 0 Å². The molecular formula is C15H10FN3OS. The fraction of sp³-hybridized carbons (Fsp3) is 0. The van der Waals surface area contributed by atoms with Gasteiger partial charge in [0.25, 0.3) is 0 Å². The summed E-state index contributed by atoms with van der Waals surface area (Å²) in [7, 11) is 0. The highest BCUT2D eigenvalue weighted by Gasteiger charge is 2.08. The first-order valence-corrected chi connectivity index (χ1v) is 6.57. The summed E-state index contributed by atoms with van der Waals surface area (Å²) in [6, 6.07) is 11.3. The van der Waals surface area contributed by atoms with Crippen molar-refractivity contribution < 1.29 is 9.13 Å². The standard InChI is InChI=1S/C15H10FN3OS/c16-12-4-6-13(7-5-12)19-10-11(9-18-19)15(21)20-14-3-1-2-8-17-14/h1-10H. The van der Waals surface area contributed by atoms with Crippen LogP contribution in [0.1, 0.15) is 5.56 Å². The van der Waals surface area contributed by atoms with Gasteiger partial charge in [0.15, 0.2) is 0 Å². The topological polar surface area (TPSA) is 39.9 Å². The van der Waals surface area contributed by atoms with Crippen LogP contribution >= 0.6 is 12.2 Å². The van der Waals surface area contributed by atoms with Crippen LogP contribution < -0.4 is 4.74 Å². The van der Waals surface area contributed by atoms with Crippen molar-refractivity contribution in [3.8, 4) is 11.6 Å². The third-order valence-corrected chi connectivity index (χ3v) is 3.06. The minimum absolute atomic E-state index is 0.280. The maximum Gasteiger partial charge on any atom is 0.220 e. The first-order valence-electron chi connectivity index (χ1n) is 6.16. The molecule has 104 valence electrons. The SMILES string of the molecule is Fc1ccc(-n2cc(C(=S)Oc3ccccn3)cn2)cc1. The zero-order valence-electron chi connectivity index (χ0n) is 10.8. The molecule has 0 aliphatic carbocycles. The van der Waals surface area contributed by atoms with Crippen molar-refractivity contribution in [1.29, 1.82) is 0 Å². The number of hydrogen-bond donors (Lipinski definition) is 0. The van der Waals surface area contributed by atoms with Gasteiger partial charge in [0.2, 0.25) is 10.9 Å². The van der Waals surface area contributed by atoms with Crippen molar-refractivity contribution in [2.45, 2.75) is 0 Å². The van der Waals surface area contributed by atoms with Crippen LogP contribution in [0.15, 0.2) is 61.1 Å². The van der Waals surface area contributed by atoms with E-state index in [1.807, 2.05) is 6.07 Å². The van der Waals surface area contributed by atoms with Gasteiger partial charge >= 0.3 is 0 Å². The van der Waals surface area contributed by atoms with E-state index in [-0.39, 0.29) is 10.9 Å². The molecule has 0 spiro atoms. The summed E-state index contributed by atoms with van der Waals surface area (Å²) in [6.45, 7) is 0. The molecule has 0 saturated carbocycles. The Balaban J connectivity index is 1.78. The van der Waals surface area contributed by atoms with Gasteiger partial charge in [0, 0.05) is 18.5 Å². The van der Waals surface area contributed by atoms with E-state index in [4.69, 9.17) is 17.0 Å². The molecule has 2 aromatic heterocycles. The fourth-order valence-electron chi connectivity index (χ4n) is 1.72. The van der Waals surface area contributed by atoms with Crippen LogP contribution in [0.5, 0.6) is 5.88 Å². The molecule has 21 heavy (non-hydrogen) atoms. The fourth-order valence-corrected chi connectivity index (χ4v) is 1.92. The predicted molar refractivity (Wildman–Crippen MR) is 80.1 cm³/mol. The van der Waals surface area contributed by atoms with E-state index < -0.39 is 0 Å². The van der Waals surface area contributed by atoms with E-state index in [2.05, 4.69) is 10.1 Å². The van der Waals surface area contributed by atoms with Gasteiger partial charge in [0.1, 0.15) is 5.82 Å². The molecule has 2 heterocycles. The Morgan fingerprint density at radius 2 is 1.95 bits per heavy atom. The Labute approximate surface area is 125 Å². The molecule has 0 amide bonds. The lowest BCUT2D eigenvalue weighted by atomic mass is 10.3. The third-order valence-electron chi connectivity index (χ3n) is 2.74. The maximum absolute atomic E-state index is 12.9. The van der Waals surface area contributed by atoms with Gasteiger partial charge in [0.05, 0.1) is 17.4 Å². The van der Waals surface area contributed by atoms with Crippen LogP contribution in [0.25, 0.3) is 5.69 Å². The molecule has 0 unspecified atom stereocenters. The zero-order valence-corrected chi connectivity index (χ0v) is 11.6. The Morgan fingerprint density at radius 1 is 1.14 bits per heavy atom. The van der Waals surface area contributed by atoms with Crippen LogP contribution in [0.4, 0.5) is 4.39 Å². The van der Waals surface area contributed by atoms with Gasteiger partial charge in [-0.2, -0.15) is 5.10 Å². The van der Waals surface area contributed by atoms with E-state index in [1.54, 1.807) is 47.5 Å². The highest BCUT2D eigenvalue weighted by Crippen LogP contribution is 2.12.